The number of thioether (sulfide) groups is 1. The van der Waals surface area contributed by atoms with Gasteiger partial charge in [0.05, 0.1) is 42.9 Å². The number of benzene rings is 3. The van der Waals surface area contributed by atoms with E-state index in [0.717, 1.165) is 16.7 Å². The molecule has 0 aliphatic carbocycles. The molecular weight excluding hydrogens is 558 g/mol. The number of nitrogens with zero attached hydrogens (tertiary/aromatic N) is 1. The Labute approximate surface area is 240 Å². The van der Waals surface area contributed by atoms with Crippen LogP contribution in [0.3, 0.4) is 0 Å². The molecule has 0 aromatic heterocycles. The van der Waals surface area contributed by atoms with Crippen molar-refractivity contribution in [1.29, 1.82) is 0 Å². The zero-order valence-electron chi connectivity index (χ0n) is 22.0. The monoisotopic (exact) mass is 583 g/mol. The largest absolute Gasteiger partial charge is 0.497 e. The quantitative estimate of drug-likeness (QED) is 0.151. The molecule has 0 atom stereocenters. The molecule has 0 bridgehead atoms. The predicted molar refractivity (Wildman–Crippen MR) is 152 cm³/mol. The molecule has 1 saturated heterocycles. The van der Waals surface area contributed by atoms with Gasteiger partial charge in [-0.3, -0.25) is 14.5 Å². The van der Waals surface area contributed by atoms with E-state index in [1.54, 1.807) is 55.5 Å². The van der Waals surface area contributed by atoms with Crippen LogP contribution in [0, 0.1) is 0 Å². The van der Waals surface area contributed by atoms with Crippen LogP contribution in [-0.2, 0) is 4.79 Å². The van der Waals surface area contributed by atoms with Crippen molar-refractivity contribution in [2.75, 3.05) is 34.0 Å². The van der Waals surface area contributed by atoms with E-state index in [-0.39, 0.29) is 41.2 Å². The topological polar surface area (TPSA) is 101 Å². The minimum atomic E-state index is -0.630. The van der Waals surface area contributed by atoms with Crippen molar-refractivity contribution in [2.45, 2.75) is 6.92 Å². The molecule has 1 aliphatic heterocycles. The van der Waals surface area contributed by atoms with Crippen molar-refractivity contribution in [1.82, 2.24) is 4.90 Å². The highest BCUT2D eigenvalue weighted by Crippen LogP contribution is 2.39. The first kappa shape index (κ1) is 28.8. The van der Waals surface area contributed by atoms with Crippen molar-refractivity contribution in [3.8, 4) is 28.7 Å². The second kappa shape index (κ2) is 13.3. The number of esters is 1. The molecule has 0 spiro atoms. The Morgan fingerprint density at radius 1 is 0.950 bits per heavy atom. The maximum Gasteiger partial charge on any atom is 0.343 e. The Bertz CT molecular complexity index is 1440. The number of imide groups is 1. The van der Waals surface area contributed by atoms with Crippen molar-refractivity contribution >= 4 is 46.6 Å². The average molecular weight is 584 g/mol. The number of carbonyl (C=O) groups is 3. The number of ether oxygens (including phenoxy) is 5. The van der Waals surface area contributed by atoms with Crippen molar-refractivity contribution < 1.29 is 38.1 Å². The molecule has 9 nitrogen and oxygen atoms in total. The summed E-state index contributed by atoms with van der Waals surface area (Å²) in [5.41, 5.74) is 0.792. The number of methoxy groups -OCH3 is 2. The van der Waals surface area contributed by atoms with Gasteiger partial charge in [-0.15, -0.1) is 0 Å². The second-order valence-corrected chi connectivity index (χ2v) is 9.61. The molecule has 0 N–H and O–H groups in total. The molecule has 40 heavy (non-hydrogen) atoms. The molecule has 11 heteroatoms. The van der Waals surface area contributed by atoms with Crippen LogP contribution in [0.1, 0.15) is 22.8 Å². The normalized spacial score (nSPS) is 13.9. The summed E-state index contributed by atoms with van der Waals surface area (Å²) in [7, 11) is 3.06. The fourth-order valence-corrected chi connectivity index (χ4v) is 4.86. The Morgan fingerprint density at radius 3 is 2.35 bits per heavy atom. The number of para-hydroxylation sites is 2. The summed E-state index contributed by atoms with van der Waals surface area (Å²) in [5.74, 6) is 0.838. The second-order valence-electron chi connectivity index (χ2n) is 8.21. The predicted octanol–water partition coefficient (Wildman–Crippen LogP) is 6.09. The molecule has 3 aromatic carbocycles. The molecule has 1 aliphatic rings. The van der Waals surface area contributed by atoms with Crippen LogP contribution in [0.2, 0.25) is 5.02 Å². The van der Waals surface area contributed by atoms with Gasteiger partial charge in [0.1, 0.15) is 12.4 Å². The average Bonchev–Trinajstić information content (AvgIpc) is 3.22. The van der Waals surface area contributed by atoms with Crippen LogP contribution in [0.5, 0.6) is 28.7 Å². The summed E-state index contributed by atoms with van der Waals surface area (Å²) in [4.78, 5) is 39.6. The van der Waals surface area contributed by atoms with Gasteiger partial charge in [0.15, 0.2) is 23.0 Å². The van der Waals surface area contributed by atoms with Crippen molar-refractivity contribution in [3.05, 3.63) is 81.7 Å². The Kier molecular flexibility index (Phi) is 9.57. The Morgan fingerprint density at radius 2 is 1.68 bits per heavy atom. The maximum absolute atomic E-state index is 13.0. The van der Waals surface area contributed by atoms with Gasteiger partial charge >= 0.3 is 5.97 Å². The van der Waals surface area contributed by atoms with Crippen molar-refractivity contribution in [3.63, 3.8) is 0 Å². The molecule has 1 heterocycles. The highest BCUT2D eigenvalue weighted by atomic mass is 35.5. The van der Waals surface area contributed by atoms with Gasteiger partial charge in [0.25, 0.3) is 11.1 Å². The maximum atomic E-state index is 13.0. The number of rotatable bonds is 11. The van der Waals surface area contributed by atoms with Crippen LogP contribution >= 0.6 is 23.4 Å². The summed E-state index contributed by atoms with van der Waals surface area (Å²) >= 11 is 7.29. The van der Waals surface area contributed by atoms with Gasteiger partial charge in [0.2, 0.25) is 0 Å². The van der Waals surface area contributed by atoms with Gasteiger partial charge in [-0.2, -0.15) is 0 Å². The molecule has 3 aromatic rings. The van der Waals surface area contributed by atoms with Gasteiger partial charge < -0.3 is 23.7 Å². The first-order chi connectivity index (χ1) is 19.3. The summed E-state index contributed by atoms with van der Waals surface area (Å²) in [6, 6.07) is 16.6. The van der Waals surface area contributed by atoms with E-state index < -0.39 is 17.1 Å². The smallest absolute Gasteiger partial charge is 0.343 e. The zero-order valence-corrected chi connectivity index (χ0v) is 23.5. The molecule has 2 amide bonds. The molecule has 208 valence electrons. The number of amides is 2. The minimum Gasteiger partial charge on any atom is -0.497 e. The summed E-state index contributed by atoms with van der Waals surface area (Å²) in [6.45, 7) is 2.20. The SMILES string of the molecule is CCOc1cc(/C=C2\SC(=O)N(CCOc3ccccc3OC)C2=O)cc(Cl)c1OC(=O)c1ccc(OC)cc1. The van der Waals surface area contributed by atoms with E-state index in [4.69, 9.17) is 35.3 Å². The van der Waals surface area contributed by atoms with Gasteiger partial charge in [-0.05, 0) is 78.9 Å². The lowest BCUT2D eigenvalue weighted by atomic mass is 10.1. The Hall–Kier alpha value is -4.15. The number of hydrogen-bond acceptors (Lipinski definition) is 9. The van der Waals surface area contributed by atoms with Gasteiger partial charge in [-0.1, -0.05) is 23.7 Å². The molecular formula is C29H26ClNO8S. The lowest BCUT2D eigenvalue weighted by Gasteiger charge is -2.15. The van der Waals surface area contributed by atoms with E-state index in [2.05, 4.69) is 0 Å². The minimum absolute atomic E-state index is 0.0445. The van der Waals surface area contributed by atoms with Gasteiger partial charge in [-0.25, -0.2) is 4.79 Å². The van der Waals surface area contributed by atoms with E-state index in [0.29, 0.717) is 28.4 Å². The summed E-state index contributed by atoms with van der Waals surface area (Å²) in [5, 5.41) is -0.315. The van der Waals surface area contributed by atoms with Gasteiger partial charge in [0, 0.05) is 0 Å². The highest BCUT2D eigenvalue weighted by molar-refractivity contribution is 8.18. The highest BCUT2D eigenvalue weighted by Gasteiger charge is 2.35. The van der Waals surface area contributed by atoms with E-state index in [9.17, 15) is 14.4 Å². The Balaban J connectivity index is 1.48. The molecule has 0 saturated carbocycles. The lowest BCUT2D eigenvalue weighted by Crippen LogP contribution is -2.32. The number of hydrogen-bond donors (Lipinski definition) is 0. The van der Waals surface area contributed by atoms with E-state index >= 15 is 0 Å². The number of carbonyl (C=O) groups excluding carboxylic acids is 3. The van der Waals surface area contributed by atoms with Crippen LogP contribution in [0.4, 0.5) is 4.79 Å². The zero-order chi connectivity index (χ0) is 28.6. The van der Waals surface area contributed by atoms with Crippen LogP contribution < -0.4 is 23.7 Å². The lowest BCUT2D eigenvalue weighted by molar-refractivity contribution is -0.123. The fraction of sp³-hybridized carbons (Fsp3) is 0.207. The first-order valence-electron chi connectivity index (χ1n) is 12.2. The standard InChI is InChI=1S/C29H26ClNO8S/c1-4-37-24-16-18(15-21(30)26(24)39-28(33)19-9-11-20(35-2)12-10-19)17-25-27(32)31(29(34)40-25)13-14-38-23-8-6-5-7-22(23)36-3/h5-12,15-17H,4,13-14H2,1-3H3/b25-17-. The molecule has 1 fully saturated rings. The van der Waals surface area contributed by atoms with Crippen LogP contribution in [-0.4, -0.2) is 56.0 Å². The summed E-state index contributed by atoms with van der Waals surface area (Å²) < 4.78 is 27.3. The van der Waals surface area contributed by atoms with E-state index in [1.807, 2.05) is 6.07 Å². The number of halogens is 1. The van der Waals surface area contributed by atoms with Crippen molar-refractivity contribution in [2.24, 2.45) is 0 Å². The molecule has 0 unspecified atom stereocenters. The van der Waals surface area contributed by atoms with Crippen LogP contribution in [0.15, 0.2) is 65.6 Å². The first-order valence-corrected chi connectivity index (χ1v) is 13.4. The fourth-order valence-electron chi connectivity index (χ4n) is 3.74. The molecule has 0 radical (unpaired) electrons. The third kappa shape index (κ3) is 6.70. The summed E-state index contributed by atoms with van der Waals surface area (Å²) in [6.07, 6.45) is 1.54. The third-order valence-electron chi connectivity index (χ3n) is 5.67. The van der Waals surface area contributed by atoms with Crippen LogP contribution in [0.25, 0.3) is 6.08 Å². The third-order valence-corrected chi connectivity index (χ3v) is 6.85. The van der Waals surface area contributed by atoms with E-state index in [1.165, 1.54) is 26.4 Å². The molecule has 4 rings (SSSR count).